The van der Waals surface area contributed by atoms with Gasteiger partial charge in [0.1, 0.15) is 0 Å². The zero-order valence-corrected chi connectivity index (χ0v) is 16.0. The van der Waals surface area contributed by atoms with Gasteiger partial charge in [-0.25, -0.2) is 0 Å². The lowest BCUT2D eigenvalue weighted by atomic mass is 10.1. The van der Waals surface area contributed by atoms with Crippen molar-refractivity contribution in [2.24, 2.45) is 0 Å². The predicted octanol–water partition coefficient (Wildman–Crippen LogP) is 6.89. The smallest absolute Gasteiger partial charge is 0.0757 e. The second kappa shape index (κ2) is 5.53. The summed E-state index contributed by atoms with van der Waals surface area (Å²) in [6.07, 6.45) is 0. The van der Waals surface area contributed by atoms with E-state index in [2.05, 4.69) is 82.8 Å². The Morgan fingerprint density at radius 3 is 2.00 bits per heavy atom. The Balaban J connectivity index is 2.42. The van der Waals surface area contributed by atoms with Crippen molar-refractivity contribution in [3.05, 3.63) is 39.5 Å². The summed E-state index contributed by atoms with van der Waals surface area (Å²) in [5.74, 6) is 0. The van der Waals surface area contributed by atoms with Gasteiger partial charge >= 0.3 is 0 Å². The molecule has 0 bridgehead atoms. The highest BCUT2D eigenvalue weighted by Gasteiger charge is 2.19. The Bertz CT molecular complexity index is 469. The Hall–Kier alpha value is 1.32. The highest BCUT2D eigenvalue weighted by molar-refractivity contribution is 9.12. The Kier molecular flexibility index (Phi) is 4.75. The van der Waals surface area contributed by atoms with Gasteiger partial charge in [0.05, 0.1) is 16.2 Å². The predicted molar refractivity (Wildman–Crippen MR) is 87.2 cm³/mol. The van der Waals surface area contributed by atoms with Gasteiger partial charge < -0.3 is 0 Å². The molecule has 6 heteroatoms. The van der Waals surface area contributed by atoms with Crippen molar-refractivity contribution in [2.75, 3.05) is 0 Å². The second-order valence-corrected chi connectivity index (χ2v) is 10.5. The number of alkyl halides is 1. The summed E-state index contributed by atoms with van der Waals surface area (Å²) in [7, 11) is 0. The minimum Gasteiger partial charge on any atom is -0.133 e. The number of halogens is 4. The third-order valence-corrected chi connectivity index (χ3v) is 7.10. The van der Waals surface area contributed by atoms with Gasteiger partial charge in [-0.3, -0.25) is 0 Å². The Labute approximate surface area is 136 Å². The van der Waals surface area contributed by atoms with Crippen LogP contribution in [-0.2, 0) is 0 Å². The molecule has 0 saturated carbocycles. The molecule has 0 amide bonds. The molecule has 0 aromatic carbocycles. The van der Waals surface area contributed by atoms with Gasteiger partial charge in [0.15, 0.2) is 0 Å². The first-order valence-electron chi connectivity index (χ1n) is 4.33. The summed E-state index contributed by atoms with van der Waals surface area (Å²) in [6.45, 7) is 2.15. The van der Waals surface area contributed by atoms with E-state index in [9.17, 15) is 0 Å². The minimum absolute atomic E-state index is 0.243. The van der Waals surface area contributed by atoms with E-state index >= 15 is 0 Å². The topological polar surface area (TPSA) is 0 Å². The molecule has 0 N–H and O–H groups in total. The van der Waals surface area contributed by atoms with E-state index in [4.69, 9.17) is 0 Å². The fourth-order valence-corrected chi connectivity index (χ4v) is 7.50. The largest absolute Gasteiger partial charge is 0.133 e. The van der Waals surface area contributed by atoms with Gasteiger partial charge in [0.2, 0.25) is 0 Å². The van der Waals surface area contributed by atoms with Gasteiger partial charge in [0, 0.05) is 4.88 Å². The molecule has 2 rings (SSSR count). The molecule has 0 aliphatic rings. The van der Waals surface area contributed by atoms with Crippen molar-refractivity contribution in [1.29, 1.82) is 0 Å². The van der Waals surface area contributed by atoms with Crippen LogP contribution >= 0.6 is 86.4 Å². The van der Waals surface area contributed by atoms with E-state index in [0.29, 0.717) is 0 Å². The van der Waals surface area contributed by atoms with Crippen LogP contribution in [0.15, 0.2) is 23.5 Å². The van der Waals surface area contributed by atoms with Crippen molar-refractivity contribution in [1.82, 2.24) is 0 Å². The van der Waals surface area contributed by atoms with Crippen LogP contribution in [0.25, 0.3) is 0 Å². The van der Waals surface area contributed by atoms with Gasteiger partial charge in [-0.2, -0.15) is 0 Å². The maximum Gasteiger partial charge on any atom is 0.0757 e. The number of rotatable bonds is 2. The fourth-order valence-electron chi connectivity index (χ4n) is 1.40. The van der Waals surface area contributed by atoms with Crippen molar-refractivity contribution in [2.45, 2.75) is 11.8 Å². The Morgan fingerprint density at radius 2 is 1.56 bits per heavy atom. The van der Waals surface area contributed by atoms with E-state index in [-0.39, 0.29) is 4.83 Å². The molecule has 2 aromatic rings. The van der Waals surface area contributed by atoms with Crippen LogP contribution in [0, 0.1) is 6.92 Å². The van der Waals surface area contributed by atoms with Crippen LogP contribution in [0.1, 0.15) is 20.8 Å². The number of hydrogen-bond donors (Lipinski definition) is 0. The van der Waals surface area contributed by atoms with E-state index in [1.54, 1.807) is 22.7 Å². The summed E-state index contributed by atoms with van der Waals surface area (Å²) in [4.78, 5) is 1.58. The maximum absolute atomic E-state index is 3.76. The first kappa shape index (κ1) is 13.7. The zero-order valence-electron chi connectivity index (χ0n) is 8.06. The molecule has 2 heterocycles. The summed E-state index contributed by atoms with van der Waals surface area (Å²) >= 11 is 17.9. The second-order valence-electron chi connectivity index (χ2n) is 3.20. The van der Waals surface area contributed by atoms with Crippen molar-refractivity contribution in [3.8, 4) is 0 Å². The standard InChI is InChI=1S/C10H6Br4S2/c1-4-5(2-7(11)15-4)9(13)6-3-8(12)16-10(6)14/h2-3,9H,1H3. The third-order valence-electron chi connectivity index (χ3n) is 2.16. The first-order chi connectivity index (χ1) is 7.49. The normalized spacial score (nSPS) is 13.1. The number of aryl methyl sites for hydroxylation is 1. The van der Waals surface area contributed by atoms with Crippen LogP contribution in [0.2, 0.25) is 0 Å². The monoisotopic (exact) mass is 506 g/mol. The third kappa shape index (κ3) is 2.83. The molecular weight excluding hydrogens is 504 g/mol. The number of hydrogen-bond acceptors (Lipinski definition) is 2. The zero-order chi connectivity index (χ0) is 11.9. The fraction of sp³-hybridized carbons (Fsp3) is 0.200. The summed E-state index contributed by atoms with van der Waals surface area (Å²) in [6, 6.07) is 4.33. The summed E-state index contributed by atoms with van der Waals surface area (Å²) < 4.78 is 3.49. The van der Waals surface area contributed by atoms with Crippen LogP contribution in [0.5, 0.6) is 0 Å². The SMILES string of the molecule is Cc1sc(Br)cc1C(Br)c1cc(Br)sc1Br. The quantitative estimate of drug-likeness (QED) is 0.387. The van der Waals surface area contributed by atoms with Crippen LogP contribution in [0.4, 0.5) is 0 Å². The highest BCUT2D eigenvalue weighted by Crippen LogP contribution is 2.44. The molecule has 0 saturated heterocycles. The molecule has 1 atom stereocenters. The highest BCUT2D eigenvalue weighted by atomic mass is 79.9. The van der Waals surface area contributed by atoms with E-state index < -0.39 is 0 Å². The van der Waals surface area contributed by atoms with E-state index in [0.717, 1.165) is 3.79 Å². The van der Waals surface area contributed by atoms with Crippen LogP contribution in [-0.4, -0.2) is 0 Å². The lowest BCUT2D eigenvalue weighted by Gasteiger charge is -2.08. The van der Waals surface area contributed by atoms with Crippen LogP contribution < -0.4 is 0 Å². The lowest BCUT2D eigenvalue weighted by molar-refractivity contribution is 1.18. The molecule has 0 aliphatic heterocycles. The van der Waals surface area contributed by atoms with Crippen molar-refractivity contribution >= 4 is 86.4 Å². The molecule has 16 heavy (non-hydrogen) atoms. The molecule has 0 spiro atoms. The van der Waals surface area contributed by atoms with E-state index in [1.165, 1.54) is 23.6 Å². The number of thiophene rings is 2. The average Bonchev–Trinajstić information content (AvgIpc) is 2.68. The summed E-state index contributed by atoms with van der Waals surface area (Å²) in [5, 5.41) is 0. The Morgan fingerprint density at radius 1 is 1.00 bits per heavy atom. The van der Waals surface area contributed by atoms with Gasteiger partial charge in [-0.05, 0) is 78.0 Å². The van der Waals surface area contributed by atoms with Crippen LogP contribution in [0.3, 0.4) is 0 Å². The van der Waals surface area contributed by atoms with Gasteiger partial charge in [-0.1, -0.05) is 15.9 Å². The van der Waals surface area contributed by atoms with Gasteiger partial charge in [0.25, 0.3) is 0 Å². The molecule has 0 fully saturated rings. The molecular formula is C10H6Br4S2. The molecule has 0 radical (unpaired) electrons. The van der Waals surface area contributed by atoms with Gasteiger partial charge in [-0.15, -0.1) is 22.7 Å². The minimum atomic E-state index is 0.243. The lowest BCUT2D eigenvalue weighted by Crippen LogP contribution is -1.90. The first-order valence-corrected chi connectivity index (χ1v) is 9.26. The maximum atomic E-state index is 3.76. The van der Waals surface area contributed by atoms with E-state index in [1.807, 2.05) is 0 Å². The summed E-state index contributed by atoms with van der Waals surface area (Å²) in [5.41, 5.74) is 2.59. The molecule has 0 nitrogen and oxygen atoms in total. The molecule has 0 aliphatic carbocycles. The van der Waals surface area contributed by atoms with Crippen molar-refractivity contribution < 1.29 is 0 Å². The average molecular weight is 510 g/mol. The van der Waals surface area contributed by atoms with Crippen molar-refractivity contribution in [3.63, 3.8) is 0 Å². The molecule has 2 aromatic heterocycles. The molecule has 1 unspecified atom stereocenters. The molecule has 86 valence electrons.